The van der Waals surface area contributed by atoms with Crippen LogP contribution in [0.3, 0.4) is 0 Å². The molecule has 4 heteroatoms. The lowest BCUT2D eigenvalue weighted by atomic mass is 10.5. The molecular weight excluding hydrogens is 151 g/mol. The third-order valence-electron chi connectivity index (χ3n) is 0.639. The van der Waals surface area contributed by atoms with E-state index in [0.717, 1.165) is 5.82 Å². The van der Waals surface area contributed by atoms with Crippen LogP contribution in [0, 0.1) is 0 Å². The largest absolute Gasteiger partial charge is 0.349 e. The van der Waals surface area contributed by atoms with Crippen molar-refractivity contribution >= 4 is 7.60 Å². The molecule has 2 N–H and O–H groups in total. The van der Waals surface area contributed by atoms with Crippen LogP contribution >= 0.6 is 7.60 Å². The van der Waals surface area contributed by atoms with E-state index in [4.69, 9.17) is 9.79 Å². The molecule has 0 aliphatic rings. The van der Waals surface area contributed by atoms with Crippen molar-refractivity contribution in [3.8, 4) is 0 Å². The minimum Gasteiger partial charge on any atom is -0.321 e. The van der Waals surface area contributed by atoms with Crippen LogP contribution in [-0.4, -0.2) is 9.79 Å². The van der Waals surface area contributed by atoms with Crippen LogP contribution in [-0.2, 0) is 4.57 Å². The summed E-state index contributed by atoms with van der Waals surface area (Å²) in [6.45, 7) is 1.77. The van der Waals surface area contributed by atoms with E-state index in [9.17, 15) is 4.57 Å². The molecule has 0 atom stereocenters. The first-order chi connectivity index (χ1) is 4.56. The lowest BCUT2D eigenvalue weighted by Crippen LogP contribution is -1.66. The quantitative estimate of drug-likeness (QED) is 0.364. The smallest absolute Gasteiger partial charge is 0.321 e. The van der Waals surface area contributed by atoms with E-state index < -0.39 is 7.60 Å². The van der Waals surface area contributed by atoms with Crippen LogP contribution in [0.1, 0.15) is 6.92 Å². The van der Waals surface area contributed by atoms with E-state index in [1.54, 1.807) is 13.0 Å². The first-order valence-corrected chi connectivity index (χ1v) is 4.34. The molecule has 0 saturated carbocycles. The van der Waals surface area contributed by atoms with Gasteiger partial charge in [-0.3, -0.25) is 4.57 Å². The van der Waals surface area contributed by atoms with Crippen molar-refractivity contribution in [2.24, 2.45) is 0 Å². The van der Waals surface area contributed by atoms with Gasteiger partial charge in [0.15, 0.2) is 0 Å². The van der Waals surface area contributed by atoms with E-state index in [1.807, 2.05) is 0 Å². The molecule has 0 spiro atoms. The van der Waals surface area contributed by atoms with Crippen molar-refractivity contribution in [2.45, 2.75) is 6.92 Å². The SMILES string of the molecule is CC=C=CC=CP(=O)(O)O. The molecule has 0 rings (SSSR count). The highest BCUT2D eigenvalue weighted by molar-refractivity contribution is 7.55. The molecule has 3 nitrogen and oxygen atoms in total. The van der Waals surface area contributed by atoms with Crippen molar-refractivity contribution in [1.82, 2.24) is 0 Å². The van der Waals surface area contributed by atoms with Gasteiger partial charge < -0.3 is 9.79 Å². The van der Waals surface area contributed by atoms with Gasteiger partial charge in [0.1, 0.15) is 0 Å². The maximum absolute atomic E-state index is 10.1. The van der Waals surface area contributed by atoms with Crippen molar-refractivity contribution in [2.75, 3.05) is 0 Å². The summed E-state index contributed by atoms with van der Waals surface area (Å²) in [7, 11) is -3.97. The maximum atomic E-state index is 10.1. The molecule has 0 heterocycles. The minimum atomic E-state index is -3.97. The zero-order chi connectivity index (χ0) is 8.04. The average Bonchev–Trinajstić information content (AvgIpc) is 1.78. The van der Waals surface area contributed by atoms with Crippen LogP contribution in [0.15, 0.2) is 29.8 Å². The van der Waals surface area contributed by atoms with Crippen molar-refractivity contribution in [1.29, 1.82) is 0 Å². The molecule has 0 aromatic heterocycles. The number of hydrogen-bond acceptors (Lipinski definition) is 1. The Balaban J connectivity index is 4.03. The highest BCUT2D eigenvalue weighted by Gasteiger charge is 2.03. The second-order valence-corrected chi connectivity index (χ2v) is 3.03. The summed E-state index contributed by atoms with van der Waals surface area (Å²) < 4.78 is 10.1. The van der Waals surface area contributed by atoms with Crippen molar-refractivity contribution in [3.63, 3.8) is 0 Å². The molecule has 0 aliphatic heterocycles. The Morgan fingerprint density at radius 3 is 2.50 bits per heavy atom. The number of allylic oxidation sites excluding steroid dienone is 2. The van der Waals surface area contributed by atoms with Crippen LogP contribution < -0.4 is 0 Å². The van der Waals surface area contributed by atoms with Gasteiger partial charge in [-0.2, -0.15) is 0 Å². The third kappa shape index (κ3) is 7.41. The van der Waals surface area contributed by atoms with E-state index in [1.165, 1.54) is 12.2 Å². The molecule has 0 aromatic rings. The highest BCUT2D eigenvalue weighted by atomic mass is 31.2. The van der Waals surface area contributed by atoms with Gasteiger partial charge in [0.05, 0.1) is 0 Å². The summed E-state index contributed by atoms with van der Waals surface area (Å²) in [6, 6.07) is 0. The first kappa shape index (κ1) is 9.41. The molecule has 0 saturated heterocycles. The Morgan fingerprint density at radius 1 is 1.50 bits per heavy atom. The first-order valence-electron chi connectivity index (χ1n) is 2.66. The fourth-order valence-electron chi connectivity index (χ4n) is 0.307. The Labute approximate surface area is 59.5 Å². The molecule has 0 aliphatic carbocycles. The van der Waals surface area contributed by atoms with Crippen LogP contribution in [0.25, 0.3) is 0 Å². The fourth-order valence-corrected chi connectivity index (χ4v) is 0.617. The zero-order valence-electron chi connectivity index (χ0n) is 5.56. The molecule has 0 fully saturated rings. The second kappa shape index (κ2) is 4.26. The third-order valence-corrected chi connectivity index (χ3v) is 1.20. The monoisotopic (exact) mass is 160 g/mol. The highest BCUT2D eigenvalue weighted by Crippen LogP contribution is 2.35. The van der Waals surface area contributed by atoms with Gasteiger partial charge in [-0.15, -0.1) is 5.73 Å². The summed E-state index contributed by atoms with van der Waals surface area (Å²) in [6.07, 6.45) is 4.34. The Kier molecular flexibility index (Phi) is 4.01. The normalized spacial score (nSPS) is 11.1. The van der Waals surface area contributed by atoms with Gasteiger partial charge in [-0.05, 0) is 25.2 Å². The predicted octanol–water partition coefficient (Wildman–Crippen LogP) is 1.41. The molecular formula is C6H9O3P. The zero-order valence-corrected chi connectivity index (χ0v) is 6.45. The molecule has 0 unspecified atom stereocenters. The van der Waals surface area contributed by atoms with Gasteiger partial charge in [0, 0.05) is 5.82 Å². The Morgan fingerprint density at radius 2 is 2.10 bits per heavy atom. The van der Waals surface area contributed by atoms with Crippen LogP contribution in [0.5, 0.6) is 0 Å². The molecule has 0 bridgehead atoms. The summed E-state index contributed by atoms with van der Waals surface area (Å²) in [5.74, 6) is 0.823. The van der Waals surface area contributed by atoms with Crippen molar-refractivity contribution < 1.29 is 14.4 Å². The molecule has 56 valence electrons. The van der Waals surface area contributed by atoms with Gasteiger partial charge >= 0.3 is 7.60 Å². The summed E-state index contributed by atoms with van der Waals surface area (Å²) in [5.41, 5.74) is 2.64. The van der Waals surface area contributed by atoms with Gasteiger partial charge in [-0.1, -0.05) is 0 Å². The van der Waals surface area contributed by atoms with Crippen LogP contribution in [0.2, 0.25) is 0 Å². The van der Waals surface area contributed by atoms with Crippen molar-refractivity contribution in [3.05, 3.63) is 29.8 Å². The molecule has 0 aromatic carbocycles. The molecule has 10 heavy (non-hydrogen) atoms. The number of hydrogen-bond donors (Lipinski definition) is 2. The van der Waals surface area contributed by atoms with E-state index in [2.05, 4.69) is 5.73 Å². The van der Waals surface area contributed by atoms with E-state index >= 15 is 0 Å². The van der Waals surface area contributed by atoms with Gasteiger partial charge in [0.2, 0.25) is 0 Å². The summed E-state index contributed by atoms with van der Waals surface area (Å²) >= 11 is 0. The average molecular weight is 160 g/mol. The Hall–Kier alpha value is -0.590. The Bertz CT molecular complexity index is 217. The fraction of sp³-hybridized carbons (Fsp3) is 0.167. The number of rotatable bonds is 2. The van der Waals surface area contributed by atoms with Gasteiger partial charge in [-0.25, -0.2) is 0 Å². The minimum absolute atomic E-state index is 0.823. The van der Waals surface area contributed by atoms with E-state index in [0.29, 0.717) is 0 Å². The molecule has 0 amide bonds. The lowest BCUT2D eigenvalue weighted by molar-refractivity contribution is 0.386. The standard InChI is InChI=1S/C6H9O3P/c1-2-3-4-5-6-10(7,8)9/h2,4-6H,1H3,(H2,7,8,9). The predicted molar refractivity (Wildman–Crippen MR) is 39.5 cm³/mol. The lowest BCUT2D eigenvalue weighted by Gasteiger charge is -1.89. The topological polar surface area (TPSA) is 57.5 Å². The maximum Gasteiger partial charge on any atom is 0.349 e. The van der Waals surface area contributed by atoms with E-state index in [-0.39, 0.29) is 0 Å². The summed E-state index contributed by atoms with van der Waals surface area (Å²) in [5, 5.41) is 0. The van der Waals surface area contributed by atoms with Gasteiger partial charge in [0.25, 0.3) is 0 Å². The van der Waals surface area contributed by atoms with Crippen LogP contribution in [0.4, 0.5) is 0 Å². The molecule has 0 radical (unpaired) electrons. The summed E-state index contributed by atoms with van der Waals surface area (Å²) in [4.78, 5) is 16.6. The second-order valence-electron chi connectivity index (χ2n) is 1.55.